The number of primary amides is 1. The zero-order chi connectivity index (χ0) is 74.5. The van der Waals surface area contributed by atoms with E-state index in [2.05, 4.69) is 73.1 Å². The number of halogens is 2. The molecule has 0 saturated carbocycles. The third kappa shape index (κ3) is 26.2. The van der Waals surface area contributed by atoms with Gasteiger partial charge in [0.1, 0.15) is 0 Å². The van der Waals surface area contributed by atoms with E-state index in [1.807, 2.05) is 60.5 Å². The Balaban J connectivity index is 1.26. The molecular weight excluding hydrogens is 1420 g/mol. The molecule has 100 heavy (non-hydrogen) atoms. The van der Waals surface area contributed by atoms with E-state index in [-0.39, 0.29) is 125 Å². The third-order valence-corrected chi connectivity index (χ3v) is 19.6. The highest BCUT2D eigenvalue weighted by Gasteiger charge is 2.44. The Hall–Kier alpha value is -6.85. The van der Waals surface area contributed by atoms with Gasteiger partial charge in [-0.05, 0) is 92.9 Å². The number of alkyl halides is 2. The molecule has 0 spiro atoms. The lowest BCUT2D eigenvalue weighted by Gasteiger charge is -2.41. The molecule has 554 valence electrons. The van der Waals surface area contributed by atoms with Crippen LogP contribution in [0.4, 0.5) is 0 Å². The van der Waals surface area contributed by atoms with Crippen molar-refractivity contribution in [1.82, 2.24) is 45.9 Å². The van der Waals surface area contributed by atoms with Crippen LogP contribution in [0.5, 0.6) is 0 Å². The first-order valence-electron chi connectivity index (χ1n) is 34.4. The van der Waals surface area contributed by atoms with Gasteiger partial charge in [0, 0.05) is 106 Å². The van der Waals surface area contributed by atoms with E-state index in [4.69, 9.17) is 24.7 Å². The zero-order valence-corrected chi connectivity index (χ0v) is 63.9. The van der Waals surface area contributed by atoms with Gasteiger partial charge >= 0.3 is 0 Å². The van der Waals surface area contributed by atoms with Gasteiger partial charge in [-0.1, -0.05) is 123 Å². The van der Waals surface area contributed by atoms with Crippen molar-refractivity contribution in [2.24, 2.45) is 46.4 Å². The van der Waals surface area contributed by atoms with Crippen LogP contribution in [-0.4, -0.2) is 213 Å². The molecule has 2 heterocycles. The number of fused-ring (bicyclic) bond motifs is 1. The molecule has 1 aliphatic rings. The number of Topliss-reactive ketones (excluding diaryl/α,β-unsaturated/α-hetero) is 3. The molecule has 12 atom stereocenters. The number of rotatable bonds is 46. The normalized spacial score (nSPS) is 16.4. The number of benzene rings is 2. The summed E-state index contributed by atoms with van der Waals surface area (Å²) in [4.78, 5) is 152. The van der Waals surface area contributed by atoms with Gasteiger partial charge in [0.15, 0.2) is 17.3 Å². The summed E-state index contributed by atoms with van der Waals surface area (Å²) in [5.74, 6) is -6.49. The first kappa shape index (κ1) is 85.6. The lowest BCUT2D eigenvalue weighted by atomic mass is 9.83. The van der Waals surface area contributed by atoms with E-state index in [9.17, 15) is 53.5 Å². The van der Waals surface area contributed by atoms with Crippen LogP contribution in [0.3, 0.4) is 0 Å². The fourth-order valence-electron chi connectivity index (χ4n) is 12.8. The first-order valence-corrected chi connectivity index (χ1v) is 36.7. The Bertz CT molecular complexity index is 3270. The van der Waals surface area contributed by atoms with Crippen molar-refractivity contribution in [3.8, 4) is 0 Å². The number of hydrogen-bond acceptors (Lipinski definition) is 18. The second kappa shape index (κ2) is 43.2. The summed E-state index contributed by atoms with van der Waals surface area (Å²) in [5, 5.41) is 15.9. The minimum absolute atomic E-state index is 0.00245. The number of likely N-dealkylation sites (tertiary alicyclic amines) is 1. The maximum atomic E-state index is 14.5. The zero-order valence-electron chi connectivity index (χ0n) is 60.7. The molecule has 1 aliphatic heterocycles. The number of ketones is 3. The average molecular weight is 1530 g/mol. The molecule has 6 N–H and O–H groups in total. The van der Waals surface area contributed by atoms with Crippen molar-refractivity contribution in [3.63, 3.8) is 0 Å². The maximum absolute atomic E-state index is 14.5. The Morgan fingerprint density at radius 3 is 1.97 bits per heavy atom. The maximum Gasteiger partial charge on any atom is 0.251 e. The van der Waals surface area contributed by atoms with E-state index >= 15 is 0 Å². The Labute approximate surface area is 605 Å². The first-order chi connectivity index (χ1) is 47.4. The summed E-state index contributed by atoms with van der Waals surface area (Å²) < 4.78 is 23.2. The molecule has 3 aromatic rings. The standard InChI is InChI=1S/C71H107Br2N13O14/c1-15-43(6)66(85(12)71(96)51(41(2)3)35-60(89)65(42(4)5)84(10)11)61(97-13)37-64(92)86-26-16-17-57(86)67(98-14)45(8)69(94)79-50(40-77-83-75)32-47-18-20-48(21-19-47)33-59(88)54(36-62(74)90)82-68(93)44(7)31-58(87)46(9)78-63(91)24-27-99-29-30-100-28-25-76-70(95)49-22-23-52-53(34-49)81-56(39-73)55(38-72)80-52/h18-23,34,41-46,50-51,54,57,61,65-67H,15-17,24-33,35-40H2,1-14H3,(H2,74,90)(H,76,95)(H,78,91)(H,79,94)(H,82,93)/t43-,44+,45+,46-,50-,51-,54-,57-,61+,65-,66?,67+/m0/s1. The van der Waals surface area contributed by atoms with Gasteiger partial charge in [-0.15, -0.1) is 0 Å². The van der Waals surface area contributed by atoms with Crippen LogP contribution < -0.4 is 27.0 Å². The minimum Gasteiger partial charge on any atom is -0.379 e. The predicted molar refractivity (Wildman–Crippen MR) is 387 cm³/mol. The minimum atomic E-state index is -1.31. The SMILES string of the molecule is CC[C@H](C)C([C@@H](CC(=O)N1CCC[C@H]1[C@H](OC)[C@@H](C)C(=O)N[C@H](CN=[N+]=[N-])Cc1ccc(CC(=O)[C@H](CC(N)=O)NC(=O)[C@H](C)CC(=O)[C@H](C)NC(=O)CCOCCOCCNC(=O)c2ccc3nc(CBr)c(CBr)nc3c2)cc1)OC)N(C)C(=O)[C@@H](CC(=O)[C@H](C(C)C)N(C)C)C(C)C. The lowest BCUT2D eigenvalue weighted by Crippen LogP contribution is -2.54. The monoisotopic (exact) mass is 1520 g/mol. The fraction of sp³-hybridized carbons (Fsp3) is 0.662. The van der Waals surface area contributed by atoms with Gasteiger partial charge in [-0.3, -0.25) is 52.8 Å². The van der Waals surface area contributed by atoms with Crippen LogP contribution in [0.25, 0.3) is 21.5 Å². The number of amides is 7. The number of ether oxygens (including phenoxy) is 4. The van der Waals surface area contributed by atoms with E-state index in [1.165, 1.54) is 28.1 Å². The van der Waals surface area contributed by atoms with Crippen LogP contribution in [0.2, 0.25) is 0 Å². The molecule has 7 amide bonds. The van der Waals surface area contributed by atoms with Crippen LogP contribution in [0, 0.1) is 35.5 Å². The largest absolute Gasteiger partial charge is 0.379 e. The molecule has 2 aromatic carbocycles. The van der Waals surface area contributed by atoms with Crippen LogP contribution >= 0.6 is 31.9 Å². The summed E-state index contributed by atoms with van der Waals surface area (Å²) in [6, 6.07) is 7.70. The highest BCUT2D eigenvalue weighted by atomic mass is 79.9. The topological polar surface area (TPSA) is 366 Å². The molecule has 0 bridgehead atoms. The number of nitrogens with zero attached hydrogens (tertiary/aromatic N) is 8. The van der Waals surface area contributed by atoms with Crippen molar-refractivity contribution in [2.45, 2.75) is 186 Å². The molecule has 1 aromatic heterocycles. The summed E-state index contributed by atoms with van der Waals surface area (Å²) in [5.41, 5.74) is 19.4. The van der Waals surface area contributed by atoms with E-state index < -0.39 is 102 Å². The Kier molecular flexibility index (Phi) is 36.9. The summed E-state index contributed by atoms with van der Waals surface area (Å²) >= 11 is 6.86. The number of carbonyl (C=O) groups excluding carboxylic acids is 10. The number of azide groups is 1. The van der Waals surface area contributed by atoms with E-state index in [1.54, 1.807) is 66.2 Å². The number of methoxy groups -OCH3 is 2. The quantitative estimate of drug-likeness (QED) is 0.0126. The third-order valence-electron chi connectivity index (χ3n) is 18.6. The van der Waals surface area contributed by atoms with Crippen molar-refractivity contribution in [1.29, 1.82) is 0 Å². The molecule has 27 nitrogen and oxygen atoms in total. The summed E-state index contributed by atoms with van der Waals surface area (Å²) in [7, 11) is 8.50. The molecule has 1 fully saturated rings. The van der Waals surface area contributed by atoms with Crippen molar-refractivity contribution >= 4 is 102 Å². The molecule has 1 saturated heterocycles. The summed E-state index contributed by atoms with van der Waals surface area (Å²) in [6.07, 6.45) is -0.317. The molecule has 0 radical (unpaired) electrons. The molecule has 4 rings (SSSR count). The van der Waals surface area contributed by atoms with Crippen LogP contribution in [0.1, 0.15) is 147 Å². The number of hydrogen-bond donors (Lipinski definition) is 5. The van der Waals surface area contributed by atoms with Gasteiger partial charge < -0.3 is 55.7 Å². The van der Waals surface area contributed by atoms with Crippen molar-refractivity contribution < 1.29 is 66.9 Å². The average Bonchev–Trinajstić information content (AvgIpc) is 1.32. The second-order valence-corrected chi connectivity index (χ2v) is 28.1. The van der Waals surface area contributed by atoms with Gasteiger partial charge in [0.05, 0.1) is 110 Å². The van der Waals surface area contributed by atoms with E-state index in [0.717, 1.165) is 11.4 Å². The number of nitrogens with one attached hydrogen (secondary N) is 4. The van der Waals surface area contributed by atoms with E-state index in [0.29, 0.717) is 64.2 Å². The fourth-order valence-corrected chi connectivity index (χ4v) is 13.7. The Morgan fingerprint density at radius 1 is 0.750 bits per heavy atom. The van der Waals surface area contributed by atoms with Crippen LogP contribution in [0.15, 0.2) is 47.6 Å². The van der Waals surface area contributed by atoms with Crippen molar-refractivity contribution in [2.75, 3.05) is 81.4 Å². The molecular formula is C71H107Br2N13O14. The van der Waals surface area contributed by atoms with Gasteiger partial charge in [-0.2, -0.15) is 0 Å². The highest BCUT2D eigenvalue weighted by molar-refractivity contribution is 9.09. The van der Waals surface area contributed by atoms with Crippen LogP contribution in [-0.2, 0) is 85.6 Å². The molecule has 1 unspecified atom stereocenters. The number of carbonyl (C=O) groups is 10. The highest BCUT2D eigenvalue weighted by Crippen LogP contribution is 2.32. The van der Waals surface area contributed by atoms with Gasteiger partial charge in [-0.25, -0.2) is 9.97 Å². The predicted octanol–water partition coefficient (Wildman–Crippen LogP) is 6.92. The lowest BCUT2D eigenvalue weighted by molar-refractivity contribution is -0.149. The van der Waals surface area contributed by atoms with Crippen molar-refractivity contribution in [3.05, 3.63) is 81.0 Å². The second-order valence-electron chi connectivity index (χ2n) is 27.0. The number of aromatic nitrogens is 2. The van der Waals surface area contributed by atoms with Gasteiger partial charge in [0.2, 0.25) is 35.4 Å². The number of nitrogens with two attached hydrogens (primary N) is 1. The number of likely N-dealkylation sites (N-methyl/N-ethyl adjacent to an activating group) is 2. The van der Waals surface area contributed by atoms with Gasteiger partial charge in [0.25, 0.3) is 5.91 Å². The molecule has 29 heteroatoms. The summed E-state index contributed by atoms with van der Waals surface area (Å²) in [6.45, 7) is 17.8. The molecule has 0 aliphatic carbocycles. The smallest absolute Gasteiger partial charge is 0.251 e. The Morgan fingerprint density at radius 2 is 1.39 bits per heavy atom.